The summed E-state index contributed by atoms with van der Waals surface area (Å²) in [7, 11) is 1.79. The molecule has 1 N–H and O–H groups in total. The van der Waals surface area contributed by atoms with Gasteiger partial charge in [0.2, 0.25) is 0 Å². The molecule has 0 radical (unpaired) electrons. The van der Waals surface area contributed by atoms with Crippen molar-refractivity contribution in [3.63, 3.8) is 0 Å². The molecule has 0 spiro atoms. The van der Waals surface area contributed by atoms with Crippen molar-refractivity contribution in [3.05, 3.63) is 83.0 Å². The first-order chi connectivity index (χ1) is 17.7. The number of alkyl halides is 3. The van der Waals surface area contributed by atoms with Crippen molar-refractivity contribution >= 4 is 23.2 Å². The second-order valence-corrected chi connectivity index (χ2v) is 8.46. The van der Waals surface area contributed by atoms with E-state index in [4.69, 9.17) is 6.57 Å². The largest absolute Gasteiger partial charge is 0.416 e. The fourth-order valence-corrected chi connectivity index (χ4v) is 4.43. The summed E-state index contributed by atoms with van der Waals surface area (Å²) in [5, 5.41) is 11.3. The molecule has 1 amide bonds. The van der Waals surface area contributed by atoms with Gasteiger partial charge >= 0.3 is 6.18 Å². The first-order valence-electron chi connectivity index (χ1n) is 11.3. The SMILES string of the molecule is [C-]#[N+]c1ccc(-c2nncn2C)c(-c2cc(NCC)nc(N3Cc4c(cccc4C(F)(F)F)C3=O)c2)c1. The number of aromatic nitrogens is 4. The van der Waals surface area contributed by atoms with Crippen LogP contribution < -0.4 is 10.2 Å². The van der Waals surface area contributed by atoms with Crippen LogP contribution >= 0.6 is 0 Å². The molecule has 0 fully saturated rings. The Hall–Kier alpha value is -4.72. The summed E-state index contributed by atoms with van der Waals surface area (Å²) in [6.45, 7) is 9.62. The highest BCUT2D eigenvalue weighted by atomic mass is 19.4. The molecule has 0 aliphatic carbocycles. The topological polar surface area (TPSA) is 80.3 Å². The molecule has 186 valence electrons. The number of pyridine rings is 1. The quantitative estimate of drug-likeness (QED) is 0.353. The summed E-state index contributed by atoms with van der Waals surface area (Å²) in [6.07, 6.45) is -3.03. The van der Waals surface area contributed by atoms with Gasteiger partial charge in [0.15, 0.2) is 11.5 Å². The number of carbonyl (C=O) groups is 1. The molecule has 1 aliphatic heterocycles. The molecule has 0 atom stereocenters. The van der Waals surface area contributed by atoms with E-state index < -0.39 is 17.6 Å². The fourth-order valence-electron chi connectivity index (χ4n) is 4.43. The second kappa shape index (κ2) is 9.05. The zero-order valence-corrected chi connectivity index (χ0v) is 19.8. The standard InChI is InChI=1S/C26H20F3N7O/c1-4-31-22-10-15(19-12-16(30-2)8-9-17(19)24-34-32-14-35(24)3)11-23(33-22)36-13-20-18(25(36)37)6-5-7-21(20)26(27,28)29/h5-12,14H,4,13H2,1,3H3,(H,31,33). The first kappa shape index (κ1) is 24.0. The molecule has 11 heteroatoms. The summed E-state index contributed by atoms with van der Waals surface area (Å²) in [5.41, 5.74) is 1.44. The van der Waals surface area contributed by atoms with E-state index in [-0.39, 0.29) is 23.5 Å². The van der Waals surface area contributed by atoms with Gasteiger partial charge in [-0.3, -0.25) is 9.69 Å². The van der Waals surface area contributed by atoms with E-state index >= 15 is 0 Å². The summed E-state index contributed by atoms with van der Waals surface area (Å²) in [5.74, 6) is 0.637. The van der Waals surface area contributed by atoms with E-state index in [9.17, 15) is 18.0 Å². The molecule has 3 heterocycles. The predicted molar refractivity (Wildman–Crippen MR) is 132 cm³/mol. The predicted octanol–water partition coefficient (Wildman–Crippen LogP) is 5.71. The summed E-state index contributed by atoms with van der Waals surface area (Å²) in [6, 6.07) is 12.2. The molecule has 37 heavy (non-hydrogen) atoms. The molecule has 5 rings (SSSR count). The fraction of sp³-hybridized carbons (Fsp3) is 0.192. The van der Waals surface area contributed by atoms with Crippen LogP contribution in [0.3, 0.4) is 0 Å². The van der Waals surface area contributed by atoms with Crippen molar-refractivity contribution in [2.24, 2.45) is 7.05 Å². The van der Waals surface area contributed by atoms with Gasteiger partial charge in [0, 0.05) is 24.7 Å². The molecule has 2 aromatic heterocycles. The maximum absolute atomic E-state index is 13.6. The van der Waals surface area contributed by atoms with Crippen LogP contribution in [0, 0.1) is 6.57 Å². The number of hydrogen-bond donors (Lipinski definition) is 1. The van der Waals surface area contributed by atoms with Crippen molar-refractivity contribution in [2.45, 2.75) is 19.6 Å². The minimum absolute atomic E-state index is 0.00167. The maximum Gasteiger partial charge on any atom is 0.416 e. The van der Waals surface area contributed by atoms with Crippen LogP contribution in [-0.2, 0) is 19.8 Å². The molecule has 0 saturated carbocycles. The number of anilines is 2. The Labute approximate surface area is 210 Å². The van der Waals surface area contributed by atoms with Crippen LogP contribution in [0.1, 0.15) is 28.4 Å². The first-order valence-corrected chi connectivity index (χ1v) is 11.3. The van der Waals surface area contributed by atoms with Crippen LogP contribution in [0.5, 0.6) is 0 Å². The summed E-state index contributed by atoms with van der Waals surface area (Å²) >= 11 is 0. The van der Waals surface area contributed by atoms with Crippen LogP contribution in [0.15, 0.2) is 54.9 Å². The highest BCUT2D eigenvalue weighted by Crippen LogP contribution is 2.40. The Morgan fingerprint density at radius 1 is 1.11 bits per heavy atom. The zero-order valence-electron chi connectivity index (χ0n) is 19.8. The van der Waals surface area contributed by atoms with Crippen molar-refractivity contribution < 1.29 is 18.0 Å². The maximum atomic E-state index is 13.6. The van der Waals surface area contributed by atoms with Crippen LogP contribution in [0.2, 0.25) is 0 Å². The number of halogens is 3. The highest BCUT2D eigenvalue weighted by molar-refractivity contribution is 6.10. The molecule has 0 unspecified atom stereocenters. The number of nitrogens with zero attached hydrogens (tertiary/aromatic N) is 6. The van der Waals surface area contributed by atoms with Gasteiger partial charge in [-0.2, -0.15) is 13.2 Å². The third-order valence-electron chi connectivity index (χ3n) is 6.12. The van der Waals surface area contributed by atoms with E-state index in [0.717, 1.165) is 6.07 Å². The van der Waals surface area contributed by atoms with Gasteiger partial charge in [0.05, 0.1) is 18.7 Å². The van der Waals surface area contributed by atoms with Crippen LogP contribution in [0.4, 0.5) is 30.5 Å². The van der Waals surface area contributed by atoms with Crippen molar-refractivity contribution in [1.29, 1.82) is 0 Å². The molecule has 8 nitrogen and oxygen atoms in total. The van der Waals surface area contributed by atoms with Gasteiger partial charge in [-0.1, -0.05) is 18.2 Å². The Bertz CT molecular complexity index is 1570. The van der Waals surface area contributed by atoms with E-state index in [2.05, 4.69) is 25.3 Å². The van der Waals surface area contributed by atoms with Crippen LogP contribution in [0.25, 0.3) is 27.4 Å². The number of amides is 1. The van der Waals surface area contributed by atoms with Crippen LogP contribution in [-0.4, -0.2) is 32.2 Å². The Kier molecular flexibility index (Phi) is 5.87. The lowest BCUT2D eigenvalue weighted by Crippen LogP contribution is -2.24. The van der Waals surface area contributed by atoms with Gasteiger partial charge in [-0.05, 0) is 53.9 Å². The van der Waals surface area contributed by atoms with Gasteiger partial charge in [-0.25, -0.2) is 9.83 Å². The van der Waals surface area contributed by atoms with Gasteiger partial charge in [-0.15, -0.1) is 10.2 Å². The minimum Gasteiger partial charge on any atom is -0.370 e. The number of aryl methyl sites for hydroxylation is 1. The number of carbonyl (C=O) groups excluding carboxylic acids is 1. The molecular weight excluding hydrogens is 483 g/mol. The Morgan fingerprint density at radius 2 is 1.92 bits per heavy atom. The second-order valence-electron chi connectivity index (χ2n) is 8.46. The molecule has 4 aromatic rings. The third kappa shape index (κ3) is 4.27. The summed E-state index contributed by atoms with van der Waals surface area (Å²) < 4.78 is 42.7. The van der Waals surface area contributed by atoms with Crippen molar-refractivity contribution in [3.8, 4) is 22.5 Å². The van der Waals surface area contributed by atoms with E-state index in [1.54, 1.807) is 48.3 Å². The molecular formula is C26H20F3N7O. The molecule has 0 saturated heterocycles. The van der Waals surface area contributed by atoms with Gasteiger partial charge in [0.25, 0.3) is 5.91 Å². The van der Waals surface area contributed by atoms with Gasteiger partial charge in [0.1, 0.15) is 18.0 Å². The lowest BCUT2D eigenvalue weighted by Gasteiger charge is -2.19. The minimum atomic E-state index is -4.59. The number of fused-ring (bicyclic) bond motifs is 1. The number of nitrogens with one attached hydrogen (secondary N) is 1. The lowest BCUT2D eigenvalue weighted by molar-refractivity contribution is -0.138. The molecule has 2 aromatic carbocycles. The van der Waals surface area contributed by atoms with E-state index in [1.165, 1.54) is 17.0 Å². The summed E-state index contributed by atoms with van der Waals surface area (Å²) in [4.78, 5) is 22.5. The Morgan fingerprint density at radius 3 is 2.59 bits per heavy atom. The highest BCUT2D eigenvalue weighted by Gasteiger charge is 2.40. The van der Waals surface area contributed by atoms with Crippen molar-refractivity contribution in [2.75, 3.05) is 16.8 Å². The normalized spacial score (nSPS) is 13.0. The van der Waals surface area contributed by atoms with Gasteiger partial charge < -0.3 is 9.88 Å². The smallest absolute Gasteiger partial charge is 0.370 e. The molecule has 0 bridgehead atoms. The van der Waals surface area contributed by atoms with Crippen molar-refractivity contribution in [1.82, 2.24) is 19.7 Å². The Balaban J connectivity index is 1.67. The zero-order chi connectivity index (χ0) is 26.3. The van der Waals surface area contributed by atoms with E-state index in [0.29, 0.717) is 40.6 Å². The lowest BCUT2D eigenvalue weighted by atomic mass is 9.98. The third-order valence-corrected chi connectivity index (χ3v) is 6.12. The average Bonchev–Trinajstić information content (AvgIpc) is 3.46. The monoisotopic (exact) mass is 503 g/mol. The average molecular weight is 503 g/mol. The number of hydrogen-bond acceptors (Lipinski definition) is 5. The number of rotatable bonds is 5. The number of benzene rings is 2. The molecule has 1 aliphatic rings. The van der Waals surface area contributed by atoms with E-state index in [1.807, 2.05) is 6.92 Å².